The van der Waals surface area contributed by atoms with Crippen molar-refractivity contribution in [2.75, 3.05) is 0 Å². The Kier molecular flexibility index (Phi) is 6.52. The molecular weight excluding hydrogens is 645 g/mol. The Morgan fingerprint density at radius 2 is 0.792 bits per heavy atom. The molecule has 0 fully saturated rings. The molecule has 2 heterocycles. The first-order valence-corrected chi connectivity index (χ1v) is 17.9. The molecule has 4 nitrogen and oxygen atoms in total. The van der Waals surface area contributed by atoms with E-state index in [1.54, 1.807) is 0 Å². The van der Waals surface area contributed by atoms with Gasteiger partial charge in [0.2, 0.25) is 0 Å². The van der Waals surface area contributed by atoms with Crippen molar-refractivity contribution in [1.29, 1.82) is 0 Å². The standard InChI is InChI=1S/C49H30N4/c1-2-12-33(13-3-1)47-50-48(52-49(51-47)37-26-28-40-35(30-37)24-23-32-22-21-31-11-4-5-15-39(31)46(32)40)36-25-27-38-34(29-36)14-10-20-43(38)53-44-18-8-6-16-41(44)42-17-7-9-19-45(42)53/h1-30H. The van der Waals surface area contributed by atoms with E-state index in [0.717, 1.165) is 38.5 Å². The van der Waals surface area contributed by atoms with Gasteiger partial charge in [0.05, 0.1) is 16.7 Å². The van der Waals surface area contributed by atoms with Gasteiger partial charge < -0.3 is 4.57 Å². The highest BCUT2D eigenvalue weighted by atomic mass is 15.0. The van der Waals surface area contributed by atoms with Crippen molar-refractivity contribution >= 4 is 64.9 Å². The molecule has 0 radical (unpaired) electrons. The highest BCUT2D eigenvalue weighted by Gasteiger charge is 2.17. The van der Waals surface area contributed by atoms with Crippen LogP contribution in [0.4, 0.5) is 0 Å². The average Bonchev–Trinajstić information content (AvgIpc) is 3.57. The van der Waals surface area contributed by atoms with Crippen molar-refractivity contribution < 1.29 is 0 Å². The number of hydrogen-bond acceptors (Lipinski definition) is 3. The number of fused-ring (bicyclic) bond motifs is 9. The third kappa shape index (κ3) is 4.73. The molecule has 0 spiro atoms. The quantitative estimate of drug-likeness (QED) is 0.175. The normalized spacial score (nSPS) is 11.8. The molecular formula is C49H30N4. The van der Waals surface area contributed by atoms with Crippen molar-refractivity contribution in [2.45, 2.75) is 0 Å². The summed E-state index contributed by atoms with van der Waals surface area (Å²) < 4.78 is 2.38. The van der Waals surface area contributed by atoms with E-state index >= 15 is 0 Å². The third-order valence-electron chi connectivity index (χ3n) is 10.6. The minimum atomic E-state index is 0.641. The highest BCUT2D eigenvalue weighted by molar-refractivity contribution is 6.20. The van der Waals surface area contributed by atoms with Crippen LogP contribution in [0.5, 0.6) is 0 Å². The Hall–Kier alpha value is -7.17. The van der Waals surface area contributed by atoms with Crippen molar-refractivity contribution in [3.63, 3.8) is 0 Å². The van der Waals surface area contributed by atoms with E-state index in [1.807, 2.05) is 18.2 Å². The molecule has 4 heteroatoms. The van der Waals surface area contributed by atoms with E-state index in [4.69, 9.17) is 15.0 Å². The van der Waals surface area contributed by atoms with Crippen LogP contribution in [0.15, 0.2) is 182 Å². The number of nitrogens with zero attached hydrogens (tertiary/aromatic N) is 4. The lowest BCUT2D eigenvalue weighted by atomic mass is 9.95. The van der Waals surface area contributed by atoms with Gasteiger partial charge in [0.25, 0.3) is 0 Å². The summed E-state index contributed by atoms with van der Waals surface area (Å²) in [6, 6.07) is 64.6. The summed E-state index contributed by atoms with van der Waals surface area (Å²) in [6.45, 7) is 0. The van der Waals surface area contributed by atoms with Crippen LogP contribution in [0.2, 0.25) is 0 Å². The van der Waals surface area contributed by atoms with Gasteiger partial charge in [-0.2, -0.15) is 0 Å². The lowest BCUT2D eigenvalue weighted by Gasteiger charge is -2.13. The van der Waals surface area contributed by atoms with Gasteiger partial charge in [-0.25, -0.2) is 15.0 Å². The molecule has 0 saturated carbocycles. The molecule has 0 aliphatic rings. The summed E-state index contributed by atoms with van der Waals surface area (Å²) in [6.07, 6.45) is 0. The maximum Gasteiger partial charge on any atom is 0.164 e. The molecule has 0 unspecified atom stereocenters. The Balaban J connectivity index is 1.08. The zero-order valence-corrected chi connectivity index (χ0v) is 28.6. The van der Waals surface area contributed by atoms with Crippen molar-refractivity contribution in [2.24, 2.45) is 0 Å². The van der Waals surface area contributed by atoms with Gasteiger partial charge in [0.15, 0.2) is 17.5 Å². The van der Waals surface area contributed by atoms with E-state index in [2.05, 4.69) is 168 Å². The highest BCUT2D eigenvalue weighted by Crippen LogP contribution is 2.37. The average molecular weight is 675 g/mol. The second-order valence-corrected chi connectivity index (χ2v) is 13.6. The van der Waals surface area contributed by atoms with Gasteiger partial charge in [-0.1, -0.05) is 152 Å². The molecule has 9 aromatic carbocycles. The Morgan fingerprint density at radius 3 is 1.49 bits per heavy atom. The van der Waals surface area contributed by atoms with Crippen molar-refractivity contribution in [1.82, 2.24) is 19.5 Å². The predicted octanol–water partition coefficient (Wildman–Crippen LogP) is 12.6. The Bertz CT molecular complexity index is 3180. The largest absolute Gasteiger partial charge is 0.309 e. The summed E-state index contributed by atoms with van der Waals surface area (Å²) >= 11 is 0. The zero-order chi connectivity index (χ0) is 34.9. The Morgan fingerprint density at radius 1 is 0.302 bits per heavy atom. The minimum Gasteiger partial charge on any atom is -0.309 e. The summed E-state index contributed by atoms with van der Waals surface area (Å²) in [4.78, 5) is 15.3. The number of benzene rings is 9. The van der Waals surface area contributed by atoms with E-state index in [-0.39, 0.29) is 0 Å². The van der Waals surface area contributed by atoms with Gasteiger partial charge in [0, 0.05) is 32.8 Å². The van der Waals surface area contributed by atoms with Gasteiger partial charge in [-0.05, 0) is 68.0 Å². The SMILES string of the molecule is c1ccc(-c2nc(-c3ccc4c(-n5c6ccccc6c6ccccc65)cccc4c3)nc(-c3ccc4c(ccc5ccc6ccccc6c54)c3)n2)cc1. The monoisotopic (exact) mass is 674 g/mol. The van der Waals surface area contributed by atoms with Crippen LogP contribution >= 0.6 is 0 Å². The molecule has 0 aliphatic heterocycles. The summed E-state index contributed by atoms with van der Waals surface area (Å²) in [5.74, 6) is 1.94. The van der Waals surface area contributed by atoms with E-state index in [0.29, 0.717) is 17.5 Å². The fraction of sp³-hybridized carbons (Fsp3) is 0. The van der Waals surface area contributed by atoms with Crippen LogP contribution in [0, 0.1) is 0 Å². The summed E-state index contributed by atoms with van der Waals surface area (Å²) in [5, 5.41) is 12.1. The number of hydrogen-bond donors (Lipinski definition) is 0. The zero-order valence-electron chi connectivity index (χ0n) is 28.6. The summed E-state index contributed by atoms with van der Waals surface area (Å²) in [5.41, 5.74) is 6.37. The van der Waals surface area contributed by atoms with Gasteiger partial charge in [-0.3, -0.25) is 0 Å². The molecule has 0 bridgehead atoms. The molecule has 11 rings (SSSR count). The number of para-hydroxylation sites is 2. The van der Waals surface area contributed by atoms with Crippen molar-refractivity contribution in [3.05, 3.63) is 182 Å². The van der Waals surface area contributed by atoms with Gasteiger partial charge in [-0.15, -0.1) is 0 Å². The first kappa shape index (κ1) is 29.5. The number of aromatic nitrogens is 4. The lowest BCUT2D eigenvalue weighted by molar-refractivity contribution is 1.07. The van der Waals surface area contributed by atoms with Crippen LogP contribution in [-0.2, 0) is 0 Å². The fourth-order valence-electron chi connectivity index (χ4n) is 8.11. The molecule has 0 atom stereocenters. The van der Waals surface area contributed by atoms with E-state index < -0.39 is 0 Å². The molecule has 11 aromatic rings. The number of rotatable bonds is 4. The summed E-state index contributed by atoms with van der Waals surface area (Å²) in [7, 11) is 0. The van der Waals surface area contributed by atoms with Crippen LogP contribution in [-0.4, -0.2) is 19.5 Å². The molecule has 0 N–H and O–H groups in total. The third-order valence-corrected chi connectivity index (χ3v) is 10.6. The van der Waals surface area contributed by atoms with E-state index in [9.17, 15) is 0 Å². The van der Waals surface area contributed by atoms with Crippen LogP contribution < -0.4 is 0 Å². The van der Waals surface area contributed by atoms with Crippen molar-refractivity contribution in [3.8, 4) is 39.9 Å². The van der Waals surface area contributed by atoms with Crippen LogP contribution in [0.3, 0.4) is 0 Å². The van der Waals surface area contributed by atoms with Crippen LogP contribution in [0.1, 0.15) is 0 Å². The maximum atomic E-state index is 5.15. The Labute approximate surface area is 305 Å². The van der Waals surface area contributed by atoms with Crippen LogP contribution in [0.25, 0.3) is 105 Å². The molecule has 0 amide bonds. The molecule has 53 heavy (non-hydrogen) atoms. The van der Waals surface area contributed by atoms with E-state index in [1.165, 1.54) is 48.7 Å². The molecule has 0 saturated heterocycles. The minimum absolute atomic E-state index is 0.641. The predicted molar refractivity (Wildman–Crippen MR) is 220 cm³/mol. The topological polar surface area (TPSA) is 43.6 Å². The van der Waals surface area contributed by atoms with Gasteiger partial charge in [0.1, 0.15) is 0 Å². The fourth-order valence-corrected chi connectivity index (χ4v) is 8.11. The lowest BCUT2D eigenvalue weighted by Crippen LogP contribution is -2.00. The first-order valence-electron chi connectivity index (χ1n) is 17.9. The molecule has 2 aromatic heterocycles. The van der Waals surface area contributed by atoms with Gasteiger partial charge >= 0.3 is 0 Å². The molecule has 246 valence electrons. The second-order valence-electron chi connectivity index (χ2n) is 13.6. The second kappa shape index (κ2) is 11.7. The smallest absolute Gasteiger partial charge is 0.164 e. The first-order chi connectivity index (χ1) is 26.3. The molecule has 0 aliphatic carbocycles. The maximum absolute atomic E-state index is 5.15.